The van der Waals surface area contributed by atoms with E-state index in [1.54, 1.807) is 17.2 Å². The van der Waals surface area contributed by atoms with Gasteiger partial charge in [0.1, 0.15) is 5.52 Å². The van der Waals surface area contributed by atoms with Crippen LogP contribution >= 0.6 is 0 Å². The molecular formula is C10H11N5O2. The van der Waals surface area contributed by atoms with E-state index in [1.807, 2.05) is 0 Å². The van der Waals surface area contributed by atoms with Gasteiger partial charge in [-0.05, 0) is 6.07 Å². The van der Waals surface area contributed by atoms with Crippen LogP contribution < -0.4 is 0 Å². The third kappa shape index (κ3) is 1.74. The van der Waals surface area contributed by atoms with Crippen LogP contribution in [0.1, 0.15) is 10.4 Å². The predicted molar refractivity (Wildman–Crippen MR) is 58.4 cm³/mol. The summed E-state index contributed by atoms with van der Waals surface area (Å²) >= 11 is 0. The molecule has 1 saturated heterocycles. The number of fused-ring (bicyclic) bond motifs is 1. The monoisotopic (exact) mass is 233 g/mol. The predicted octanol–water partition coefficient (Wildman–Crippen LogP) is -0.175. The summed E-state index contributed by atoms with van der Waals surface area (Å²) in [5.74, 6) is -0.0467. The van der Waals surface area contributed by atoms with E-state index in [9.17, 15) is 4.79 Å². The molecule has 2 aromatic rings. The molecule has 0 saturated carbocycles. The lowest BCUT2D eigenvalue weighted by atomic mass is 10.2. The number of amides is 1. The van der Waals surface area contributed by atoms with E-state index >= 15 is 0 Å². The summed E-state index contributed by atoms with van der Waals surface area (Å²) in [6.45, 7) is 2.39. The largest absolute Gasteiger partial charge is 0.378 e. The first-order valence-corrected chi connectivity index (χ1v) is 5.39. The fraction of sp³-hybridized carbons (Fsp3) is 0.400. The SMILES string of the molecule is O=C(c1ccnc2n[nH]nc12)N1CCOCC1. The second-order valence-electron chi connectivity index (χ2n) is 3.76. The summed E-state index contributed by atoms with van der Waals surface area (Å²) in [4.78, 5) is 18.1. The van der Waals surface area contributed by atoms with E-state index in [0.29, 0.717) is 43.0 Å². The quantitative estimate of drug-likeness (QED) is 0.739. The molecule has 1 N–H and O–H groups in total. The first-order valence-electron chi connectivity index (χ1n) is 5.39. The van der Waals surface area contributed by atoms with Gasteiger partial charge in [0.05, 0.1) is 18.8 Å². The molecule has 0 spiro atoms. The van der Waals surface area contributed by atoms with Crippen molar-refractivity contribution in [3.05, 3.63) is 17.8 Å². The molecule has 0 bridgehead atoms. The molecule has 1 amide bonds. The molecular weight excluding hydrogens is 222 g/mol. The first kappa shape index (κ1) is 10.2. The fourth-order valence-corrected chi connectivity index (χ4v) is 1.87. The zero-order valence-corrected chi connectivity index (χ0v) is 9.09. The number of morpholine rings is 1. The minimum absolute atomic E-state index is 0.0467. The Hall–Kier alpha value is -2.02. The molecule has 7 nitrogen and oxygen atoms in total. The number of aromatic amines is 1. The molecule has 0 unspecified atom stereocenters. The topological polar surface area (TPSA) is 84.0 Å². The number of carbonyl (C=O) groups is 1. The van der Waals surface area contributed by atoms with Crippen molar-refractivity contribution in [2.24, 2.45) is 0 Å². The van der Waals surface area contributed by atoms with Crippen molar-refractivity contribution in [1.29, 1.82) is 0 Å². The van der Waals surface area contributed by atoms with Gasteiger partial charge >= 0.3 is 0 Å². The Morgan fingerprint density at radius 3 is 3.00 bits per heavy atom. The maximum absolute atomic E-state index is 12.3. The van der Waals surface area contributed by atoms with Crippen LogP contribution in [0.5, 0.6) is 0 Å². The average molecular weight is 233 g/mol. The van der Waals surface area contributed by atoms with Crippen molar-refractivity contribution in [1.82, 2.24) is 25.3 Å². The Labute approximate surface area is 96.8 Å². The standard InChI is InChI=1S/C10H11N5O2/c16-10(15-3-5-17-6-4-15)7-1-2-11-9-8(7)12-14-13-9/h1-2H,3-6H2,(H,11,12,13,14). The fourth-order valence-electron chi connectivity index (χ4n) is 1.87. The van der Waals surface area contributed by atoms with Gasteiger partial charge in [-0.1, -0.05) is 0 Å². The minimum atomic E-state index is -0.0467. The lowest BCUT2D eigenvalue weighted by Crippen LogP contribution is -2.40. The number of rotatable bonds is 1. The Balaban J connectivity index is 1.97. The van der Waals surface area contributed by atoms with E-state index < -0.39 is 0 Å². The van der Waals surface area contributed by atoms with Crippen LogP contribution in [-0.2, 0) is 4.74 Å². The van der Waals surface area contributed by atoms with Crippen molar-refractivity contribution < 1.29 is 9.53 Å². The molecule has 0 radical (unpaired) electrons. The van der Waals surface area contributed by atoms with Gasteiger partial charge in [-0.15, -0.1) is 5.10 Å². The molecule has 1 fully saturated rings. The summed E-state index contributed by atoms with van der Waals surface area (Å²) in [5, 5.41) is 10.3. The van der Waals surface area contributed by atoms with Crippen LogP contribution in [-0.4, -0.2) is 57.5 Å². The Kier molecular flexibility index (Phi) is 2.45. The van der Waals surface area contributed by atoms with Crippen molar-refractivity contribution in [3.8, 4) is 0 Å². The highest BCUT2D eigenvalue weighted by molar-refractivity contribution is 6.03. The highest BCUT2D eigenvalue weighted by atomic mass is 16.5. The van der Waals surface area contributed by atoms with E-state index in [1.165, 1.54) is 0 Å². The van der Waals surface area contributed by atoms with Crippen molar-refractivity contribution in [3.63, 3.8) is 0 Å². The van der Waals surface area contributed by atoms with Gasteiger partial charge in [0.2, 0.25) is 5.65 Å². The van der Waals surface area contributed by atoms with Crippen LogP contribution in [0, 0.1) is 0 Å². The Morgan fingerprint density at radius 1 is 1.35 bits per heavy atom. The van der Waals surface area contributed by atoms with Crippen molar-refractivity contribution >= 4 is 17.1 Å². The van der Waals surface area contributed by atoms with Crippen LogP contribution in [0.15, 0.2) is 12.3 Å². The molecule has 3 heterocycles. The Bertz CT molecular complexity index is 546. The van der Waals surface area contributed by atoms with Gasteiger partial charge < -0.3 is 9.64 Å². The van der Waals surface area contributed by atoms with E-state index in [4.69, 9.17) is 4.74 Å². The second kappa shape index (κ2) is 4.10. The molecule has 2 aromatic heterocycles. The summed E-state index contributed by atoms with van der Waals surface area (Å²) in [5.41, 5.74) is 1.51. The number of hydrogen-bond donors (Lipinski definition) is 1. The van der Waals surface area contributed by atoms with Gasteiger partial charge in [0.25, 0.3) is 5.91 Å². The van der Waals surface area contributed by atoms with Crippen molar-refractivity contribution in [2.75, 3.05) is 26.3 Å². The van der Waals surface area contributed by atoms with Crippen LogP contribution in [0.3, 0.4) is 0 Å². The molecule has 0 atom stereocenters. The maximum Gasteiger partial charge on any atom is 0.256 e. The third-order valence-electron chi connectivity index (χ3n) is 2.75. The molecule has 1 aliphatic rings. The third-order valence-corrected chi connectivity index (χ3v) is 2.75. The van der Waals surface area contributed by atoms with Crippen LogP contribution in [0.4, 0.5) is 0 Å². The summed E-state index contributed by atoms with van der Waals surface area (Å²) in [6.07, 6.45) is 1.57. The molecule has 0 aromatic carbocycles. The Morgan fingerprint density at radius 2 is 2.18 bits per heavy atom. The lowest BCUT2D eigenvalue weighted by molar-refractivity contribution is 0.0304. The normalized spacial score (nSPS) is 16.4. The molecule has 3 rings (SSSR count). The van der Waals surface area contributed by atoms with E-state index in [-0.39, 0.29) is 5.91 Å². The number of aromatic nitrogens is 4. The number of nitrogens with zero attached hydrogens (tertiary/aromatic N) is 4. The number of ether oxygens (including phenoxy) is 1. The number of carbonyl (C=O) groups excluding carboxylic acids is 1. The van der Waals surface area contributed by atoms with Gasteiger partial charge in [-0.2, -0.15) is 10.3 Å². The van der Waals surface area contributed by atoms with Gasteiger partial charge in [0, 0.05) is 19.3 Å². The smallest absolute Gasteiger partial charge is 0.256 e. The number of H-pyrrole nitrogens is 1. The molecule has 1 aliphatic heterocycles. The summed E-state index contributed by atoms with van der Waals surface area (Å²) in [7, 11) is 0. The van der Waals surface area contributed by atoms with E-state index in [2.05, 4.69) is 20.4 Å². The summed E-state index contributed by atoms with van der Waals surface area (Å²) < 4.78 is 5.22. The molecule has 7 heteroatoms. The summed E-state index contributed by atoms with van der Waals surface area (Å²) in [6, 6.07) is 1.67. The zero-order valence-electron chi connectivity index (χ0n) is 9.09. The zero-order chi connectivity index (χ0) is 11.7. The maximum atomic E-state index is 12.3. The van der Waals surface area contributed by atoms with Gasteiger partial charge in [0.15, 0.2) is 0 Å². The number of hydrogen-bond acceptors (Lipinski definition) is 5. The molecule has 0 aliphatic carbocycles. The first-order chi connectivity index (χ1) is 8.36. The molecule has 88 valence electrons. The highest BCUT2D eigenvalue weighted by Crippen LogP contribution is 2.14. The number of pyridine rings is 1. The van der Waals surface area contributed by atoms with E-state index in [0.717, 1.165) is 0 Å². The highest BCUT2D eigenvalue weighted by Gasteiger charge is 2.21. The minimum Gasteiger partial charge on any atom is -0.378 e. The van der Waals surface area contributed by atoms with Gasteiger partial charge in [-0.25, -0.2) is 4.98 Å². The average Bonchev–Trinajstić information content (AvgIpc) is 2.87. The van der Waals surface area contributed by atoms with Crippen LogP contribution in [0.25, 0.3) is 11.2 Å². The lowest BCUT2D eigenvalue weighted by Gasteiger charge is -2.26. The molecule has 17 heavy (non-hydrogen) atoms. The van der Waals surface area contributed by atoms with Crippen molar-refractivity contribution in [2.45, 2.75) is 0 Å². The van der Waals surface area contributed by atoms with Gasteiger partial charge in [-0.3, -0.25) is 4.79 Å². The second-order valence-corrected chi connectivity index (χ2v) is 3.76. The number of nitrogens with one attached hydrogen (secondary N) is 1. The van der Waals surface area contributed by atoms with Crippen LogP contribution in [0.2, 0.25) is 0 Å².